The lowest BCUT2D eigenvalue weighted by atomic mass is 10.2. The molecule has 106 valence electrons. The Morgan fingerprint density at radius 2 is 1.89 bits per heavy atom. The molecule has 0 saturated heterocycles. The monoisotopic (exact) mass is 286 g/mol. The van der Waals surface area contributed by atoms with Crippen molar-refractivity contribution in [3.05, 3.63) is 35.9 Å². The van der Waals surface area contributed by atoms with Crippen molar-refractivity contribution in [2.24, 2.45) is 5.10 Å². The van der Waals surface area contributed by atoms with Crippen LogP contribution in [0.5, 0.6) is 0 Å². The summed E-state index contributed by atoms with van der Waals surface area (Å²) in [6.07, 6.45) is -0.516. The van der Waals surface area contributed by atoms with Crippen molar-refractivity contribution in [1.29, 1.82) is 0 Å². The second kappa shape index (κ2) is 9.22. The minimum absolute atomic E-state index is 0. The third-order valence-corrected chi connectivity index (χ3v) is 2.11. The summed E-state index contributed by atoms with van der Waals surface area (Å²) in [7, 11) is 1.52. The van der Waals surface area contributed by atoms with Crippen molar-refractivity contribution in [1.82, 2.24) is 5.01 Å². The lowest BCUT2D eigenvalue weighted by Crippen LogP contribution is -2.24. The van der Waals surface area contributed by atoms with Crippen LogP contribution in [-0.2, 0) is 16.1 Å². The molecule has 5 nitrogen and oxygen atoms in total. The third kappa shape index (κ3) is 6.67. The Morgan fingerprint density at radius 1 is 1.26 bits per heavy atom. The van der Waals surface area contributed by atoms with Crippen LogP contribution >= 0.6 is 12.4 Å². The minimum atomic E-state index is -0.516. The van der Waals surface area contributed by atoms with Gasteiger partial charge in [0.15, 0.2) is 0 Å². The predicted octanol–water partition coefficient (Wildman–Crippen LogP) is 3.05. The highest BCUT2D eigenvalue weighted by atomic mass is 35.5. The van der Waals surface area contributed by atoms with E-state index >= 15 is 0 Å². The van der Waals surface area contributed by atoms with Crippen LogP contribution in [0.15, 0.2) is 35.4 Å². The molecule has 0 N–H and O–H groups in total. The van der Waals surface area contributed by atoms with Gasteiger partial charge >= 0.3 is 6.09 Å². The van der Waals surface area contributed by atoms with Crippen LogP contribution < -0.4 is 0 Å². The van der Waals surface area contributed by atoms with E-state index in [1.807, 2.05) is 37.3 Å². The number of hydrogen-bond donors (Lipinski definition) is 0. The molecule has 0 unspecified atom stereocenters. The Bertz CT molecular complexity index is 410. The van der Waals surface area contributed by atoms with Gasteiger partial charge in [-0.1, -0.05) is 30.3 Å². The first-order chi connectivity index (χ1) is 8.63. The van der Waals surface area contributed by atoms with Gasteiger partial charge in [0.2, 0.25) is 5.90 Å². The highest BCUT2D eigenvalue weighted by Crippen LogP contribution is 2.02. The highest BCUT2D eigenvalue weighted by molar-refractivity contribution is 5.85. The highest BCUT2D eigenvalue weighted by Gasteiger charge is 2.09. The molecule has 1 rings (SSSR count). The summed E-state index contributed by atoms with van der Waals surface area (Å²) in [5.41, 5.74) is 0.935. The Labute approximate surface area is 119 Å². The molecular weight excluding hydrogens is 268 g/mol. The van der Waals surface area contributed by atoms with E-state index in [0.29, 0.717) is 12.5 Å². The molecule has 1 aromatic carbocycles. The number of ether oxygens (including phenoxy) is 2. The number of hydrogen-bond acceptors (Lipinski definition) is 4. The fraction of sp³-hybridized carbons (Fsp3) is 0.385. The quantitative estimate of drug-likeness (QED) is 0.486. The molecule has 0 fully saturated rings. The lowest BCUT2D eigenvalue weighted by Gasteiger charge is -2.12. The van der Waals surface area contributed by atoms with Crippen molar-refractivity contribution in [2.75, 3.05) is 13.7 Å². The van der Waals surface area contributed by atoms with Gasteiger partial charge in [-0.25, -0.2) is 4.79 Å². The first kappa shape index (κ1) is 17.2. The van der Waals surface area contributed by atoms with E-state index in [4.69, 9.17) is 9.47 Å². The molecule has 0 spiro atoms. The maximum absolute atomic E-state index is 11.6. The summed E-state index contributed by atoms with van der Waals surface area (Å²) < 4.78 is 10.2. The van der Waals surface area contributed by atoms with Gasteiger partial charge in [0.05, 0.1) is 6.61 Å². The van der Waals surface area contributed by atoms with Crippen LogP contribution in [-0.4, -0.2) is 30.7 Å². The molecule has 0 radical (unpaired) electrons. The van der Waals surface area contributed by atoms with Gasteiger partial charge < -0.3 is 9.47 Å². The molecule has 0 aliphatic rings. The Kier molecular flexibility index (Phi) is 8.37. The number of halogens is 1. The maximum atomic E-state index is 11.6. The molecule has 1 aromatic rings. The summed E-state index contributed by atoms with van der Waals surface area (Å²) in [6.45, 7) is 4.28. The zero-order chi connectivity index (χ0) is 13.4. The van der Waals surface area contributed by atoms with E-state index in [1.54, 1.807) is 6.92 Å². The minimum Gasteiger partial charge on any atom is -0.480 e. The van der Waals surface area contributed by atoms with E-state index in [2.05, 4.69) is 5.10 Å². The first-order valence-electron chi connectivity index (χ1n) is 5.76. The van der Waals surface area contributed by atoms with Gasteiger partial charge in [0.25, 0.3) is 0 Å². The zero-order valence-electron chi connectivity index (χ0n) is 11.3. The Morgan fingerprint density at radius 3 is 2.47 bits per heavy atom. The molecule has 0 atom stereocenters. The Balaban J connectivity index is 0.00000324. The summed E-state index contributed by atoms with van der Waals surface area (Å²) in [6, 6.07) is 9.48. The number of carbonyl (C=O) groups excluding carboxylic acids is 1. The molecule has 19 heavy (non-hydrogen) atoms. The fourth-order valence-corrected chi connectivity index (χ4v) is 1.30. The van der Waals surface area contributed by atoms with E-state index in [9.17, 15) is 4.79 Å². The summed E-state index contributed by atoms with van der Waals surface area (Å²) >= 11 is 0. The largest absolute Gasteiger partial charge is 0.480 e. The van der Waals surface area contributed by atoms with Crippen LogP contribution in [0.1, 0.15) is 19.4 Å². The first-order valence-corrected chi connectivity index (χ1v) is 5.76. The molecule has 0 aliphatic carbocycles. The smallest absolute Gasteiger partial charge is 0.430 e. The topological polar surface area (TPSA) is 51.1 Å². The molecule has 0 aliphatic heterocycles. The predicted molar refractivity (Wildman–Crippen MR) is 76.4 cm³/mol. The average molecular weight is 287 g/mol. The number of nitrogens with zero attached hydrogens (tertiary/aromatic N) is 2. The van der Waals surface area contributed by atoms with Gasteiger partial charge in [-0.15, -0.1) is 17.5 Å². The molecule has 0 heterocycles. The molecular formula is C13H19ClN2O3. The fourth-order valence-electron chi connectivity index (χ4n) is 1.30. The summed E-state index contributed by atoms with van der Waals surface area (Å²) in [5.74, 6) is 0.427. The lowest BCUT2D eigenvalue weighted by molar-refractivity contribution is 0.104. The molecule has 1 amide bonds. The van der Waals surface area contributed by atoms with Crippen LogP contribution in [0.4, 0.5) is 4.79 Å². The van der Waals surface area contributed by atoms with E-state index < -0.39 is 6.09 Å². The maximum Gasteiger partial charge on any atom is 0.430 e. The van der Waals surface area contributed by atoms with Crippen molar-refractivity contribution in [3.8, 4) is 0 Å². The van der Waals surface area contributed by atoms with Crippen molar-refractivity contribution >= 4 is 24.4 Å². The van der Waals surface area contributed by atoms with Crippen LogP contribution in [0.25, 0.3) is 0 Å². The number of rotatable bonds is 4. The van der Waals surface area contributed by atoms with Gasteiger partial charge in [-0.3, -0.25) is 0 Å². The van der Waals surface area contributed by atoms with E-state index in [1.165, 1.54) is 7.05 Å². The third-order valence-electron chi connectivity index (χ3n) is 2.11. The van der Waals surface area contributed by atoms with Gasteiger partial charge in [-0.05, 0) is 12.5 Å². The standard InChI is InChI=1S/C13H18N2O3.ClH/c1-4-17-11(2)14-15(3)13(16)18-10-12-8-6-5-7-9-12;/h5-9H,4,10H2,1-3H3;1H. The SMILES string of the molecule is CCOC(C)=NN(C)C(=O)OCc1ccccc1.Cl. The second-order valence-corrected chi connectivity index (χ2v) is 3.62. The summed E-state index contributed by atoms with van der Waals surface area (Å²) in [5, 5.41) is 5.05. The number of hydrazone groups is 1. The number of benzene rings is 1. The molecule has 0 bridgehead atoms. The van der Waals surface area contributed by atoms with Crippen molar-refractivity contribution < 1.29 is 14.3 Å². The number of carbonyl (C=O) groups is 1. The van der Waals surface area contributed by atoms with Crippen LogP contribution in [0.3, 0.4) is 0 Å². The second-order valence-electron chi connectivity index (χ2n) is 3.62. The van der Waals surface area contributed by atoms with Gasteiger partial charge in [0.1, 0.15) is 6.61 Å². The normalized spacial score (nSPS) is 10.4. The summed E-state index contributed by atoms with van der Waals surface area (Å²) in [4.78, 5) is 11.6. The molecule has 0 aromatic heterocycles. The average Bonchev–Trinajstić information content (AvgIpc) is 2.37. The van der Waals surface area contributed by atoms with E-state index in [-0.39, 0.29) is 19.0 Å². The van der Waals surface area contributed by atoms with Gasteiger partial charge in [0, 0.05) is 14.0 Å². The molecule has 0 saturated carbocycles. The van der Waals surface area contributed by atoms with Crippen LogP contribution in [0.2, 0.25) is 0 Å². The zero-order valence-corrected chi connectivity index (χ0v) is 12.1. The van der Waals surface area contributed by atoms with Crippen molar-refractivity contribution in [3.63, 3.8) is 0 Å². The van der Waals surface area contributed by atoms with Crippen molar-refractivity contribution in [2.45, 2.75) is 20.5 Å². The molecule has 6 heteroatoms. The number of amides is 1. The Hall–Kier alpha value is -1.75. The van der Waals surface area contributed by atoms with Crippen LogP contribution in [0, 0.1) is 0 Å². The van der Waals surface area contributed by atoms with E-state index in [0.717, 1.165) is 10.6 Å². The van der Waals surface area contributed by atoms with Gasteiger partial charge in [-0.2, -0.15) is 5.01 Å².